The van der Waals surface area contributed by atoms with Gasteiger partial charge in [-0.2, -0.15) is 0 Å². The first-order valence-electron chi connectivity index (χ1n) is 11.0. The van der Waals surface area contributed by atoms with E-state index in [0.29, 0.717) is 0 Å². The van der Waals surface area contributed by atoms with Gasteiger partial charge in [0.2, 0.25) is 5.76 Å². The standard InChI is InChI=1S/C20H14N4.C6H8O6/c1-2-14-10-16-5-6-18(23-16)12-20-8-7-19(24-20)11-17-4-3-15(22-17)9-13(1)21-14;7-1-2(8)5-3(9)4(10)6(11)12-5/h1-12,21,24H;2,5,7-10H,1H2/t;2-,5+/m.0/s1. The van der Waals surface area contributed by atoms with Crippen molar-refractivity contribution >= 4 is 52.3 Å². The summed E-state index contributed by atoms with van der Waals surface area (Å²) in [5, 5.41) is 35.0. The van der Waals surface area contributed by atoms with E-state index in [1.165, 1.54) is 0 Å². The maximum atomic E-state index is 10.5. The van der Waals surface area contributed by atoms with Crippen molar-refractivity contribution in [2.75, 3.05) is 6.61 Å². The van der Waals surface area contributed by atoms with Gasteiger partial charge < -0.3 is 35.1 Å². The van der Waals surface area contributed by atoms with Crippen LogP contribution in [0.2, 0.25) is 0 Å². The summed E-state index contributed by atoms with van der Waals surface area (Å²) >= 11 is 0. The topological polar surface area (TPSA) is 165 Å². The number of nitrogens with zero attached hydrogens (tertiary/aromatic N) is 2. The molecule has 10 nitrogen and oxygen atoms in total. The monoisotopic (exact) mass is 486 g/mol. The summed E-state index contributed by atoms with van der Waals surface area (Å²) in [5.74, 6) is -2.78. The molecule has 0 unspecified atom stereocenters. The van der Waals surface area contributed by atoms with Gasteiger partial charge in [-0.3, -0.25) is 0 Å². The zero-order valence-electron chi connectivity index (χ0n) is 18.8. The minimum atomic E-state index is -1.42. The molecule has 6 N–H and O–H groups in total. The van der Waals surface area contributed by atoms with Crippen LogP contribution in [0.25, 0.3) is 46.4 Å². The van der Waals surface area contributed by atoms with Gasteiger partial charge in [-0.25, -0.2) is 14.8 Å². The minimum Gasteiger partial charge on any atom is -0.505 e. The number of esters is 1. The number of aliphatic hydroxyl groups excluding tert-OH is 4. The lowest BCUT2D eigenvalue weighted by molar-refractivity contribution is -0.147. The molecule has 36 heavy (non-hydrogen) atoms. The highest BCUT2D eigenvalue weighted by molar-refractivity contribution is 5.89. The highest BCUT2D eigenvalue weighted by Gasteiger charge is 2.38. The summed E-state index contributed by atoms with van der Waals surface area (Å²) in [6, 6.07) is 16.4. The fourth-order valence-corrected chi connectivity index (χ4v) is 3.77. The van der Waals surface area contributed by atoms with Crippen LogP contribution in [0.15, 0.2) is 60.0 Å². The highest BCUT2D eigenvalue weighted by Crippen LogP contribution is 2.21. The van der Waals surface area contributed by atoms with Crippen molar-refractivity contribution in [1.29, 1.82) is 0 Å². The molecule has 0 spiro atoms. The number of carbonyl (C=O) groups excluding carboxylic acids is 1. The fourth-order valence-electron chi connectivity index (χ4n) is 3.77. The Labute approximate surface area is 204 Å². The van der Waals surface area contributed by atoms with Crippen LogP contribution in [0.3, 0.4) is 0 Å². The number of H-pyrrole nitrogens is 2. The summed E-state index contributed by atoms with van der Waals surface area (Å²) in [6.45, 7) is -0.671. The first kappa shape index (κ1) is 23.1. The van der Waals surface area contributed by atoms with Crippen molar-refractivity contribution in [1.82, 2.24) is 19.9 Å². The van der Waals surface area contributed by atoms with Gasteiger partial charge in [0.25, 0.3) is 0 Å². The molecule has 0 aliphatic carbocycles. The molecule has 0 saturated heterocycles. The van der Waals surface area contributed by atoms with Crippen LogP contribution in [0.5, 0.6) is 0 Å². The predicted molar refractivity (Wildman–Crippen MR) is 134 cm³/mol. The summed E-state index contributed by atoms with van der Waals surface area (Å²) in [4.78, 5) is 26.6. The molecule has 8 bridgehead atoms. The van der Waals surface area contributed by atoms with E-state index >= 15 is 0 Å². The first-order valence-corrected chi connectivity index (χ1v) is 11.0. The number of aliphatic hydroxyl groups is 4. The smallest absolute Gasteiger partial charge is 0.377 e. The largest absolute Gasteiger partial charge is 0.505 e. The molecule has 3 aromatic heterocycles. The van der Waals surface area contributed by atoms with Crippen molar-refractivity contribution in [2.45, 2.75) is 12.2 Å². The summed E-state index contributed by atoms with van der Waals surface area (Å²) in [6.07, 6.45) is 5.31. The third-order valence-corrected chi connectivity index (χ3v) is 5.52. The molecular formula is C26H22N4O6. The fraction of sp³-hybridized carbons (Fsp3) is 0.115. The van der Waals surface area contributed by atoms with Gasteiger partial charge in [-0.1, -0.05) is 0 Å². The van der Waals surface area contributed by atoms with E-state index in [4.69, 9.17) is 20.4 Å². The Morgan fingerprint density at radius 1 is 0.778 bits per heavy atom. The van der Waals surface area contributed by atoms with Gasteiger partial charge in [0.1, 0.15) is 6.10 Å². The molecule has 6 rings (SSSR count). The molecule has 0 amide bonds. The number of nitrogens with one attached hydrogen (secondary N) is 2. The molecule has 10 heteroatoms. The molecule has 0 saturated carbocycles. The summed E-state index contributed by atoms with van der Waals surface area (Å²) in [7, 11) is 0. The maximum absolute atomic E-state index is 10.5. The Balaban J connectivity index is 0.000000189. The Bertz CT molecular complexity index is 1410. The van der Waals surface area contributed by atoms with Gasteiger partial charge in [-0.15, -0.1) is 0 Å². The molecule has 3 aromatic rings. The van der Waals surface area contributed by atoms with E-state index in [1.54, 1.807) is 0 Å². The molecule has 182 valence electrons. The molecule has 0 fully saturated rings. The Morgan fingerprint density at radius 3 is 1.47 bits per heavy atom. The van der Waals surface area contributed by atoms with Crippen LogP contribution < -0.4 is 0 Å². The van der Waals surface area contributed by atoms with E-state index in [2.05, 4.69) is 48.9 Å². The Kier molecular flexibility index (Phi) is 6.11. The van der Waals surface area contributed by atoms with E-state index in [-0.39, 0.29) is 0 Å². The number of carbonyl (C=O) groups is 1. The third-order valence-electron chi connectivity index (χ3n) is 5.52. The first-order chi connectivity index (χ1) is 17.4. The van der Waals surface area contributed by atoms with Crippen LogP contribution in [-0.2, 0) is 9.53 Å². The van der Waals surface area contributed by atoms with Crippen molar-refractivity contribution in [3.8, 4) is 0 Å². The number of rotatable bonds is 2. The quantitative estimate of drug-likeness (QED) is 0.207. The number of hydrogen-bond donors (Lipinski definition) is 6. The second kappa shape index (κ2) is 9.53. The van der Waals surface area contributed by atoms with Crippen LogP contribution in [-0.4, -0.2) is 65.1 Å². The molecular weight excluding hydrogens is 464 g/mol. The second-order valence-corrected chi connectivity index (χ2v) is 8.21. The van der Waals surface area contributed by atoms with Crippen LogP contribution >= 0.6 is 0 Å². The molecule has 0 aromatic carbocycles. The van der Waals surface area contributed by atoms with Crippen LogP contribution in [0, 0.1) is 0 Å². The van der Waals surface area contributed by atoms with E-state index < -0.39 is 36.3 Å². The van der Waals surface area contributed by atoms with Crippen molar-refractivity contribution in [3.05, 3.63) is 82.8 Å². The van der Waals surface area contributed by atoms with Crippen LogP contribution in [0.4, 0.5) is 0 Å². The number of aromatic nitrogens is 4. The zero-order chi connectivity index (χ0) is 25.2. The molecule has 0 radical (unpaired) electrons. The SMILES string of the molecule is C1=Cc2cc3ccc(cc4nc(cc5ccc(cc1n2)[nH]5)C=C4)[nH]3.O=C1O[C@H]([C@@H](O)CO)C(O)=C1O. The lowest BCUT2D eigenvalue weighted by Gasteiger charge is -2.13. The zero-order valence-corrected chi connectivity index (χ0v) is 18.8. The Hall–Kier alpha value is -4.67. The number of aromatic amines is 2. The molecule has 3 aliphatic rings. The number of fused-ring (bicyclic) bond motifs is 8. The molecule has 3 aliphatic heterocycles. The lowest BCUT2D eigenvalue weighted by atomic mass is 10.2. The van der Waals surface area contributed by atoms with Crippen molar-refractivity contribution in [2.24, 2.45) is 0 Å². The average molecular weight is 486 g/mol. The lowest BCUT2D eigenvalue weighted by Crippen LogP contribution is -2.31. The van der Waals surface area contributed by atoms with Gasteiger partial charge >= 0.3 is 5.97 Å². The van der Waals surface area contributed by atoms with E-state index in [0.717, 1.165) is 44.8 Å². The van der Waals surface area contributed by atoms with Gasteiger partial charge in [0.05, 0.1) is 29.4 Å². The van der Waals surface area contributed by atoms with Crippen molar-refractivity contribution in [3.63, 3.8) is 0 Å². The number of cyclic esters (lactones) is 1. The molecule has 6 heterocycles. The van der Waals surface area contributed by atoms with Gasteiger partial charge in [0.15, 0.2) is 11.9 Å². The summed E-state index contributed by atoms with van der Waals surface area (Å²) < 4.78 is 4.32. The van der Waals surface area contributed by atoms with E-state index in [1.807, 2.05) is 48.6 Å². The minimum absolute atomic E-state index is 0.671. The molecule has 2 atom stereocenters. The predicted octanol–water partition coefficient (Wildman–Crippen LogP) is 3.25. The average Bonchev–Trinajstić information content (AvgIpc) is 3.69. The van der Waals surface area contributed by atoms with Gasteiger partial charge in [0, 0.05) is 22.1 Å². The highest BCUT2D eigenvalue weighted by atomic mass is 16.6. The maximum Gasteiger partial charge on any atom is 0.377 e. The third kappa shape index (κ3) is 4.90. The number of ether oxygens (including phenoxy) is 1. The van der Waals surface area contributed by atoms with Crippen LogP contribution in [0.1, 0.15) is 22.8 Å². The van der Waals surface area contributed by atoms with E-state index in [9.17, 15) is 4.79 Å². The number of hydrogen-bond acceptors (Lipinski definition) is 8. The second-order valence-electron chi connectivity index (χ2n) is 8.21. The van der Waals surface area contributed by atoms with Gasteiger partial charge in [-0.05, 0) is 72.8 Å². The summed E-state index contributed by atoms with van der Waals surface area (Å²) in [5.41, 5.74) is 7.86. The Morgan fingerprint density at radius 2 is 1.17 bits per heavy atom. The normalized spacial score (nSPS) is 17.1. The van der Waals surface area contributed by atoms with Crippen molar-refractivity contribution < 1.29 is 30.0 Å².